The third kappa shape index (κ3) is 6.61. The quantitative estimate of drug-likeness (QED) is 0.274. The molecule has 11 nitrogen and oxygen atoms in total. The smallest absolute Gasteiger partial charge is 0.349 e. The molecule has 38 heavy (non-hydrogen) atoms. The first-order valence-corrected chi connectivity index (χ1v) is 13.6. The Morgan fingerprint density at radius 1 is 1.21 bits per heavy atom. The summed E-state index contributed by atoms with van der Waals surface area (Å²) in [4.78, 5) is 25.1. The number of hydrogen-bond donors (Lipinski definition) is 1. The summed E-state index contributed by atoms with van der Waals surface area (Å²) >= 11 is 0. The first-order chi connectivity index (χ1) is 18.1. The number of carbonyl (C=O) groups excluding carboxylic acids is 2. The summed E-state index contributed by atoms with van der Waals surface area (Å²) in [5.74, 6) is -1.44. The molecule has 1 aromatic carbocycles. The zero-order chi connectivity index (χ0) is 27.9. The van der Waals surface area contributed by atoms with E-state index >= 15 is 0 Å². The standard InChI is InChI=1S/C26H32N4O7S/c1-5-8-30-18(2)13-20(19(30)3)14-21(16-27)26(32)37-17-25(31)28-23-15-22(6-7-24(23)35-4)38(33,34)29-9-11-36-12-10-29/h6-7,13-15H,5,8-12,17H2,1-4H3,(H,28,31)/b21-14-. The number of benzene rings is 1. The summed E-state index contributed by atoms with van der Waals surface area (Å²) in [7, 11) is -2.43. The van der Waals surface area contributed by atoms with E-state index in [0.29, 0.717) is 13.2 Å². The predicted molar refractivity (Wildman–Crippen MR) is 140 cm³/mol. The van der Waals surface area contributed by atoms with Gasteiger partial charge in [0.05, 0.1) is 30.9 Å². The average Bonchev–Trinajstić information content (AvgIpc) is 3.18. The fraction of sp³-hybridized carbons (Fsp3) is 0.423. The lowest BCUT2D eigenvalue weighted by molar-refractivity contribution is -0.142. The normalized spacial score (nSPS) is 14.6. The van der Waals surface area contributed by atoms with Crippen LogP contribution in [0.15, 0.2) is 34.7 Å². The number of rotatable bonds is 10. The van der Waals surface area contributed by atoms with Crippen LogP contribution < -0.4 is 10.1 Å². The van der Waals surface area contributed by atoms with E-state index in [9.17, 15) is 23.3 Å². The van der Waals surface area contributed by atoms with Gasteiger partial charge in [-0.25, -0.2) is 13.2 Å². The number of carbonyl (C=O) groups is 2. The number of amides is 1. The van der Waals surface area contributed by atoms with Crippen LogP contribution in [0.2, 0.25) is 0 Å². The number of sulfonamides is 1. The van der Waals surface area contributed by atoms with Crippen molar-refractivity contribution in [2.45, 2.75) is 38.6 Å². The van der Waals surface area contributed by atoms with Crippen LogP contribution in [0.5, 0.6) is 5.75 Å². The number of ether oxygens (including phenoxy) is 3. The van der Waals surface area contributed by atoms with Crippen LogP contribution in [0.25, 0.3) is 6.08 Å². The molecule has 0 spiro atoms. The molecule has 1 fully saturated rings. The third-order valence-electron chi connectivity index (χ3n) is 6.09. The predicted octanol–water partition coefficient (Wildman–Crippen LogP) is 2.63. The molecule has 1 N–H and O–H groups in total. The number of anilines is 1. The molecule has 0 atom stereocenters. The monoisotopic (exact) mass is 544 g/mol. The van der Waals surface area contributed by atoms with E-state index in [2.05, 4.69) is 16.8 Å². The SMILES string of the molecule is CCCn1c(C)cc(/C=C(/C#N)C(=O)OCC(=O)Nc2cc(S(=O)(=O)N3CCOCC3)ccc2OC)c1C. The Balaban J connectivity index is 1.70. The van der Waals surface area contributed by atoms with Gasteiger partial charge >= 0.3 is 5.97 Å². The van der Waals surface area contributed by atoms with Gasteiger partial charge in [-0.3, -0.25) is 4.79 Å². The second-order valence-electron chi connectivity index (χ2n) is 8.65. The van der Waals surface area contributed by atoms with Crippen molar-refractivity contribution in [1.82, 2.24) is 8.87 Å². The van der Waals surface area contributed by atoms with Gasteiger partial charge in [0.15, 0.2) is 6.61 Å². The summed E-state index contributed by atoms with van der Waals surface area (Å²) in [6, 6.07) is 7.82. The highest BCUT2D eigenvalue weighted by molar-refractivity contribution is 7.89. The lowest BCUT2D eigenvalue weighted by atomic mass is 10.1. The molecule has 2 aromatic rings. The molecule has 0 bridgehead atoms. The molecule has 0 aliphatic carbocycles. The lowest BCUT2D eigenvalue weighted by Crippen LogP contribution is -2.40. The Kier molecular flexibility index (Phi) is 9.68. The van der Waals surface area contributed by atoms with Crippen molar-refractivity contribution in [3.05, 3.63) is 46.8 Å². The van der Waals surface area contributed by atoms with Crippen LogP contribution in [-0.4, -0.2) is 69.2 Å². The van der Waals surface area contributed by atoms with Crippen LogP contribution >= 0.6 is 0 Å². The minimum Gasteiger partial charge on any atom is -0.495 e. The van der Waals surface area contributed by atoms with E-state index in [-0.39, 0.29) is 35.0 Å². The first kappa shape index (κ1) is 28.9. The molecule has 0 unspecified atom stereocenters. The number of morpholine rings is 1. The van der Waals surface area contributed by atoms with E-state index in [1.165, 1.54) is 35.7 Å². The van der Waals surface area contributed by atoms with E-state index in [1.807, 2.05) is 26.0 Å². The van der Waals surface area contributed by atoms with Crippen LogP contribution in [0.1, 0.15) is 30.3 Å². The van der Waals surface area contributed by atoms with Crippen LogP contribution in [-0.2, 0) is 35.6 Å². The Labute approximate surface area is 222 Å². The summed E-state index contributed by atoms with van der Waals surface area (Å²) in [6.07, 6.45) is 2.38. The molecule has 0 radical (unpaired) electrons. The Morgan fingerprint density at radius 2 is 1.92 bits per heavy atom. The minimum atomic E-state index is -3.81. The molecular formula is C26H32N4O7S. The van der Waals surface area contributed by atoms with Gasteiger partial charge in [0.2, 0.25) is 10.0 Å². The van der Waals surface area contributed by atoms with Gasteiger partial charge in [0.1, 0.15) is 17.4 Å². The summed E-state index contributed by atoms with van der Waals surface area (Å²) in [6.45, 7) is 7.10. The zero-order valence-corrected chi connectivity index (χ0v) is 22.8. The summed E-state index contributed by atoms with van der Waals surface area (Å²) < 4.78 is 44.9. The van der Waals surface area contributed by atoms with Crippen molar-refractivity contribution in [2.24, 2.45) is 0 Å². The number of aromatic nitrogens is 1. The van der Waals surface area contributed by atoms with Crippen LogP contribution in [0, 0.1) is 25.2 Å². The molecule has 2 heterocycles. The third-order valence-corrected chi connectivity index (χ3v) is 7.98. The number of methoxy groups -OCH3 is 1. The highest BCUT2D eigenvalue weighted by Crippen LogP contribution is 2.29. The number of hydrogen-bond acceptors (Lipinski definition) is 8. The van der Waals surface area contributed by atoms with Gasteiger partial charge < -0.3 is 24.1 Å². The van der Waals surface area contributed by atoms with E-state index < -0.39 is 28.5 Å². The van der Waals surface area contributed by atoms with Crippen LogP contribution in [0.3, 0.4) is 0 Å². The number of esters is 1. The van der Waals surface area contributed by atoms with E-state index in [1.54, 1.807) is 0 Å². The van der Waals surface area contributed by atoms with Crippen molar-refractivity contribution in [3.8, 4) is 11.8 Å². The van der Waals surface area contributed by atoms with Crippen molar-refractivity contribution < 1.29 is 32.2 Å². The fourth-order valence-electron chi connectivity index (χ4n) is 4.11. The number of nitriles is 1. The summed E-state index contributed by atoms with van der Waals surface area (Å²) in [5.41, 5.74) is 2.50. The largest absolute Gasteiger partial charge is 0.495 e. The zero-order valence-electron chi connectivity index (χ0n) is 21.9. The van der Waals surface area contributed by atoms with Gasteiger partial charge in [-0.2, -0.15) is 9.57 Å². The second kappa shape index (κ2) is 12.7. The molecule has 12 heteroatoms. The molecule has 1 amide bonds. The molecular weight excluding hydrogens is 512 g/mol. The lowest BCUT2D eigenvalue weighted by Gasteiger charge is -2.26. The van der Waals surface area contributed by atoms with Gasteiger partial charge in [-0.15, -0.1) is 0 Å². The number of nitrogens with zero attached hydrogens (tertiary/aromatic N) is 3. The Bertz CT molecular complexity index is 1370. The molecule has 1 aromatic heterocycles. The van der Waals surface area contributed by atoms with Crippen molar-refractivity contribution in [1.29, 1.82) is 5.26 Å². The highest BCUT2D eigenvalue weighted by Gasteiger charge is 2.27. The molecule has 1 aliphatic rings. The van der Waals surface area contributed by atoms with E-state index in [4.69, 9.17) is 14.2 Å². The number of nitrogens with one attached hydrogen (secondary N) is 1. The molecule has 1 aliphatic heterocycles. The van der Waals surface area contributed by atoms with Crippen LogP contribution in [0.4, 0.5) is 5.69 Å². The molecule has 3 rings (SSSR count). The molecule has 204 valence electrons. The fourth-order valence-corrected chi connectivity index (χ4v) is 5.55. The highest BCUT2D eigenvalue weighted by atomic mass is 32.2. The number of aryl methyl sites for hydroxylation is 1. The maximum absolute atomic E-state index is 13.0. The van der Waals surface area contributed by atoms with Gasteiger partial charge in [0, 0.05) is 31.0 Å². The minimum absolute atomic E-state index is 0.0251. The van der Waals surface area contributed by atoms with Crippen molar-refractivity contribution in [3.63, 3.8) is 0 Å². The van der Waals surface area contributed by atoms with Gasteiger partial charge in [0.25, 0.3) is 5.91 Å². The Morgan fingerprint density at radius 3 is 2.55 bits per heavy atom. The Hall–Kier alpha value is -3.66. The summed E-state index contributed by atoms with van der Waals surface area (Å²) in [5, 5.41) is 12.0. The topological polar surface area (TPSA) is 140 Å². The van der Waals surface area contributed by atoms with Crippen molar-refractivity contribution >= 4 is 33.7 Å². The second-order valence-corrected chi connectivity index (χ2v) is 10.6. The first-order valence-electron chi connectivity index (χ1n) is 12.1. The molecule has 1 saturated heterocycles. The van der Waals surface area contributed by atoms with Crippen molar-refractivity contribution in [2.75, 3.05) is 45.3 Å². The maximum atomic E-state index is 13.0. The average molecular weight is 545 g/mol. The van der Waals surface area contributed by atoms with E-state index in [0.717, 1.165) is 29.9 Å². The van der Waals surface area contributed by atoms with Gasteiger partial charge in [-0.1, -0.05) is 6.92 Å². The molecule has 0 saturated carbocycles. The maximum Gasteiger partial charge on any atom is 0.349 e. The van der Waals surface area contributed by atoms with Gasteiger partial charge in [-0.05, 0) is 56.2 Å².